The van der Waals surface area contributed by atoms with Gasteiger partial charge in [-0.15, -0.1) is 0 Å². The van der Waals surface area contributed by atoms with Crippen molar-refractivity contribution in [2.45, 2.75) is 32.4 Å². The van der Waals surface area contributed by atoms with Crippen molar-refractivity contribution in [2.75, 3.05) is 26.2 Å². The molecule has 2 aromatic rings. The average molecular weight is 396 g/mol. The van der Waals surface area contributed by atoms with Gasteiger partial charge in [0.25, 0.3) is 5.91 Å². The van der Waals surface area contributed by atoms with Gasteiger partial charge in [-0.3, -0.25) is 9.69 Å². The van der Waals surface area contributed by atoms with Crippen molar-refractivity contribution in [3.05, 3.63) is 71.4 Å². The number of carbonyl (C=O) groups excluding carboxylic acids is 1. The second-order valence-corrected chi connectivity index (χ2v) is 7.15. The monoisotopic (exact) mass is 395 g/mol. The van der Waals surface area contributed by atoms with Crippen molar-refractivity contribution in [1.82, 2.24) is 15.2 Å². The van der Waals surface area contributed by atoms with Crippen LogP contribution in [0.15, 0.2) is 54.7 Å². The maximum absolute atomic E-state index is 12.2. The van der Waals surface area contributed by atoms with Crippen LogP contribution >= 0.6 is 0 Å². The van der Waals surface area contributed by atoms with Crippen LogP contribution in [0.1, 0.15) is 40.7 Å². The molecule has 6 nitrogen and oxygen atoms in total. The van der Waals surface area contributed by atoms with Gasteiger partial charge in [-0.1, -0.05) is 30.7 Å². The van der Waals surface area contributed by atoms with E-state index >= 15 is 0 Å². The molecule has 2 N–H and O–H groups in total. The van der Waals surface area contributed by atoms with Gasteiger partial charge >= 0.3 is 0 Å². The van der Waals surface area contributed by atoms with Crippen LogP contribution in [0.2, 0.25) is 0 Å². The van der Waals surface area contributed by atoms with Gasteiger partial charge in [0.15, 0.2) is 0 Å². The molecule has 1 aliphatic rings. The number of benzene rings is 1. The van der Waals surface area contributed by atoms with E-state index in [9.17, 15) is 9.90 Å². The first-order chi connectivity index (χ1) is 14.3. The number of aromatic nitrogens is 1. The van der Waals surface area contributed by atoms with Crippen LogP contribution in [0, 0.1) is 0 Å². The zero-order chi connectivity index (χ0) is 20.3. The predicted molar refractivity (Wildman–Crippen MR) is 113 cm³/mol. The number of pyridine rings is 1. The fourth-order valence-corrected chi connectivity index (χ4v) is 3.41. The van der Waals surface area contributed by atoms with E-state index in [1.165, 1.54) is 24.8 Å². The van der Waals surface area contributed by atoms with Crippen LogP contribution in [0.3, 0.4) is 0 Å². The van der Waals surface area contributed by atoms with Crippen molar-refractivity contribution in [2.24, 2.45) is 0 Å². The molecule has 0 bridgehead atoms. The van der Waals surface area contributed by atoms with Crippen LogP contribution in [-0.2, 0) is 13.2 Å². The van der Waals surface area contributed by atoms with E-state index in [0.29, 0.717) is 30.2 Å². The third kappa shape index (κ3) is 6.69. The van der Waals surface area contributed by atoms with E-state index in [1.807, 2.05) is 24.3 Å². The van der Waals surface area contributed by atoms with Crippen LogP contribution in [0.5, 0.6) is 5.88 Å². The molecule has 0 radical (unpaired) electrons. The fraction of sp³-hybridized carbons (Fsp3) is 0.391. The quantitative estimate of drug-likeness (QED) is 0.639. The number of aliphatic hydroxyl groups excluding tert-OH is 1. The molecule has 0 saturated carbocycles. The van der Waals surface area contributed by atoms with Gasteiger partial charge in [0.1, 0.15) is 6.61 Å². The Kier molecular flexibility index (Phi) is 8.22. The number of ether oxygens (including phenoxy) is 1. The van der Waals surface area contributed by atoms with Crippen molar-refractivity contribution >= 4 is 5.91 Å². The molecule has 0 unspecified atom stereocenters. The maximum atomic E-state index is 12.2. The largest absolute Gasteiger partial charge is 0.473 e. The zero-order valence-corrected chi connectivity index (χ0v) is 16.7. The number of carbonyl (C=O) groups is 1. The van der Waals surface area contributed by atoms with E-state index in [-0.39, 0.29) is 12.5 Å². The molecule has 3 rings (SSSR count). The minimum atomic E-state index is -0.202. The van der Waals surface area contributed by atoms with E-state index in [0.717, 1.165) is 19.6 Å². The third-order valence-electron chi connectivity index (χ3n) is 4.96. The molecule has 1 aliphatic heterocycles. The normalized spacial score (nSPS) is 14.8. The van der Waals surface area contributed by atoms with Gasteiger partial charge in [0, 0.05) is 30.9 Å². The number of hydrogen-bond donors (Lipinski definition) is 2. The summed E-state index contributed by atoms with van der Waals surface area (Å²) in [5.74, 6) is 0.414. The van der Waals surface area contributed by atoms with E-state index < -0.39 is 0 Å². The average Bonchev–Trinajstić information content (AvgIpc) is 2.77. The van der Waals surface area contributed by atoms with E-state index in [1.54, 1.807) is 30.5 Å². The van der Waals surface area contributed by atoms with Gasteiger partial charge in [0.2, 0.25) is 5.88 Å². The van der Waals surface area contributed by atoms with Gasteiger partial charge in [0.05, 0.1) is 6.61 Å². The molecule has 1 amide bonds. The number of hydrogen-bond acceptors (Lipinski definition) is 5. The molecule has 29 heavy (non-hydrogen) atoms. The Labute approximate surface area is 172 Å². The molecule has 1 saturated heterocycles. The van der Waals surface area contributed by atoms with Crippen LogP contribution in [0.25, 0.3) is 0 Å². The molecule has 0 aliphatic carbocycles. The number of piperidine rings is 1. The van der Waals surface area contributed by atoms with Gasteiger partial charge in [-0.25, -0.2) is 4.98 Å². The lowest BCUT2D eigenvalue weighted by Crippen LogP contribution is -2.29. The summed E-state index contributed by atoms with van der Waals surface area (Å²) in [4.78, 5) is 18.9. The van der Waals surface area contributed by atoms with Crippen molar-refractivity contribution in [1.29, 1.82) is 0 Å². The highest BCUT2D eigenvalue weighted by molar-refractivity contribution is 5.95. The van der Waals surface area contributed by atoms with Crippen LogP contribution in [-0.4, -0.2) is 47.1 Å². The lowest BCUT2D eigenvalue weighted by molar-refractivity contribution is 0.0955. The molecule has 2 heterocycles. The fourth-order valence-electron chi connectivity index (χ4n) is 3.41. The van der Waals surface area contributed by atoms with Crippen LogP contribution < -0.4 is 10.1 Å². The maximum Gasteiger partial charge on any atom is 0.251 e. The summed E-state index contributed by atoms with van der Waals surface area (Å²) in [7, 11) is 0. The number of likely N-dealkylation sites (tertiary alicyclic amines) is 1. The Hall–Kier alpha value is -2.70. The van der Waals surface area contributed by atoms with Crippen LogP contribution in [0.4, 0.5) is 0 Å². The van der Waals surface area contributed by atoms with Gasteiger partial charge in [-0.2, -0.15) is 0 Å². The van der Waals surface area contributed by atoms with Gasteiger partial charge < -0.3 is 15.2 Å². The molecule has 1 aromatic carbocycles. The highest BCUT2D eigenvalue weighted by atomic mass is 16.5. The summed E-state index contributed by atoms with van der Waals surface area (Å²) in [6, 6.07) is 11.1. The summed E-state index contributed by atoms with van der Waals surface area (Å²) in [6.45, 7) is 3.90. The van der Waals surface area contributed by atoms with E-state index in [2.05, 4.69) is 15.2 Å². The summed E-state index contributed by atoms with van der Waals surface area (Å²) in [6.07, 6.45) is 9.38. The topological polar surface area (TPSA) is 74.7 Å². The molecular formula is C23H29N3O3. The summed E-state index contributed by atoms with van der Waals surface area (Å²) in [5, 5.41) is 12.1. The SMILES string of the molecule is O=C(NC/C=C/COc1cc(CN2CCCCC2)ccn1)c1ccccc1CO. The summed E-state index contributed by atoms with van der Waals surface area (Å²) in [5.41, 5.74) is 2.33. The summed E-state index contributed by atoms with van der Waals surface area (Å²) >= 11 is 0. The Morgan fingerprint density at radius 3 is 2.83 bits per heavy atom. The van der Waals surface area contributed by atoms with Crippen molar-refractivity contribution in [3.63, 3.8) is 0 Å². The molecule has 0 spiro atoms. The third-order valence-corrected chi connectivity index (χ3v) is 4.96. The minimum Gasteiger partial charge on any atom is -0.473 e. The number of rotatable bonds is 9. The molecule has 0 atom stereocenters. The van der Waals surface area contributed by atoms with Crippen molar-refractivity contribution in [3.8, 4) is 5.88 Å². The first-order valence-corrected chi connectivity index (χ1v) is 10.2. The Bertz CT molecular complexity index is 817. The summed E-state index contributed by atoms with van der Waals surface area (Å²) < 4.78 is 5.70. The molecule has 154 valence electrons. The predicted octanol–water partition coefficient (Wildman–Crippen LogP) is 2.92. The first kappa shape index (κ1) is 21.0. The Balaban J connectivity index is 1.40. The standard InChI is InChI=1S/C23H29N3O3/c27-18-20-8-2-3-9-21(20)23(28)25-11-4-7-15-29-22-16-19(10-12-24-22)17-26-13-5-1-6-14-26/h2-4,7-10,12,16,27H,1,5-6,11,13-15,17-18H2,(H,25,28)/b7-4+. The number of aliphatic hydroxyl groups is 1. The molecule has 1 aromatic heterocycles. The highest BCUT2D eigenvalue weighted by Crippen LogP contribution is 2.15. The Morgan fingerprint density at radius 1 is 1.17 bits per heavy atom. The minimum absolute atomic E-state index is 0.156. The second kappa shape index (κ2) is 11.3. The van der Waals surface area contributed by atoms with Crippen molar-refractivity contribution < 1.29 is 14.6 Å². The lowest BCUT2D eigenvalue weighted by Gasteiger charge is -2.26. The number of nitrogens with zero attached hydrogens (tertiary/aromatic N) is 2. The Morgan fingerprint density at radius 2 is 2.00 bits per heavy atom. The van der Waals surface area contributed by atoms with Gasteiger partial charge in [-0.05, 0) is 55.3 Å². The smallest absolute Gasteiger partial charge is 0.251 e. The zero-order valence-electron chi connectivity index (χ0n) is 16.7. The number of nitrogens with one attached hydrogen (secondary N) is 1. The molecular weight excluding hydrogens is 366 g/mol. The van der Waals surface area contributed by atoms with E-state index in [4.69, 9.17) is 4.74 Å². The first-order valence-electron chi connectivity index (χ1n) is 10.2. The lowest BCUT2D eigenvalue weighted by atomic mass is 10.1. The molecule has 1 fully saturated rings. The highest BCUT2D eigenvalue weighted by Gasteiger charge is 2.11. The molecule has 6 heteroatoms. The second-order valence-electron chi connectivity index (χ2n) is 7.15. The number of amides is 1.